The Hall–Kier alpha value is -3.99. The summed E-state index contributed by atoms with van der Waals surface area (Å²) >= 11 is 1.02. The molecule has 4 aromatic rings. The number of alkyl halides is 3. The number of rotatable bonds is 5. The zero-order valence-corrected chi connectivity index (χ0v) is 20.2. The largest absolute Gasteiger partial charge is 0.461 e. The Balaban J connectivity index is 1.85. The van der Waals surface area contributed by atoms with Crippen LogP contribution in [0.2, 0.25) is 0 Å². The van der Waals surface area contributed by atoms with Gasteiger partial charge >= 0.3 is 12.1 Å². The fourth-order valence-electron chi connectivity index (χ4n) is 3.52. The minimum atomic E-state index is -4.56. The molecular weight excluding hydrogens is 495 g/mol. The van der Waals surface area contributed by atoms with Gasteiger partial charge in [-0.05, 0) is 68.3 Å². The molecule has 0 bridgehead atoms. The van der Waals surface area contributed by atoms with E-state index < -0.39 is 29.2 Å². The monoisotopic (exact) mass is 515 g/mol. The molecule has 11 heteroatoms. The van der Waals surface area contributed by atoms with Crippen molar-refractivity contribution in [2.45, 2.75) is 26.9 Å². The predicted molar refractivity (Wildman–Crippen MR) is 130 cm³/mol. The standard InChI is InChI=1S/C25H20F3N3O4S/c1-4-35-24(34)20-18-12-36-22(29-21(32)15-6-5-13(2)14(3)11-15)19(18)23(33)31(30-20)17-9-7-16(8-10-17)25(26,27)28/h5-12H,4H2,1-3H3,(H,29,32). The van der Waals surface area contributed by atoms with Gasteiger partial charge in [0, 0.05) is 16.3 Å². The van der Waals surface area contributed by atoms with Gasteiger partial charge in [-0.25, -0.2) is 4.79 Å². The van der Waals surface area contributed by atoms with Gasteiger partial charge in [-0.2, -0.15) is 23.0 Å². The SMILES string of the molecule is CCOC(=O)c1nn(-c2ccc(C(F)(F)F)cc2)c(=O)c2c(NC(=O)c3ccc(C)c(C)c3)scc12. The first-order valence-electron chi connectivity index (χ1n) is 10.8. The van der Waals surface area contributed by atoms with Crippen LogP contribution in [-0.4, -0.2) is 28.3 Å². The molecule has 0 aliphatic rings. The molecule has 0 fully saturated rings. The highest BCUT2D eigenvalue weighted by Gasteiger charge is 2.30. The Kier molecular flexibility index (Phi) is 6.68. The van der Waals surface area contributed by atoms with Crippen LogP contribution >= 0.6 is 11.3 Å². The Labute approximate surface area is 207 Å². The molecular formula is C25H20F3N3O4S. The molecule has 1 N–H and O–H groups in total. The normalized spacial score (nSPS) is 11.5. The van der Waals surface area contributed by atoms with E-state index in [0.717, 1.165) is 51.4 Å². The third kappa shape index (κ3) is 4.74. The summed E-state index contributed by atoms with van der Waals surface area (Å²) in [5.41, 5.74) is 0.502. The van der Waals surface area contributed by atoms with Gasteiger partial charge in [-0.15, -0.1) is 11.3 Å². The molecule has 0 spiro atoms. The van der Waals surface area contributed by atoms with Crippen LogP contribution in [0.15, 0.2) is 52.6 Å². The molecule has 0 radical (unpaired) electrons. The minimum absolute atomic E-state index is 0.00451. The predicted octanol–water partition coefficient (Wildman–Crippen LogP) is 5.51. The minimum Gasteiger partial charge on any atom is -0.461 e. The first-order chi connectivity index (χ1) is 17.0. The Morgan fingerprint density at radius 1 is 1.08 bits per heavy atom. The number of carbonyl (C=O) groups is 2. The van der Waals surface area contributed by atoms with E-state index in [1.165, 1.54) is 5.38 Å². The topological polar surface area (TPSA) is 90.3 Å². The van der Waals surface area contributed by atoms with Crippen molar-refractivity contribution >= 4 is 39.0 Å². The maximum Gasteiger partial charge on any atom is 0.416 e. The average molecular weight is 516 g/mol. The van der Waals surface area contributed by atoms with Gasteiger partial charge in [0.15, 0.2) is 5.69 Å². The molecule has 0 aliphatic carbocycles. The third-order valence-electron chi connectivity index (χ3n) is 5.56. The van der Waals surface area contributed by atoms with E-state index in [0.29, 0.717) is 5.56 Å². The lowest BCUT2D eigenvalue weighted by atomic mass is 10.1. The van der Waals surface area contributed by atoms with E-state index in [9.17, 15) is 27.6 Å². The first kappa shape index (κ1) is 25.1. The number of ether oxygens (including phenoxy) is 1. The number of esters is 1. The summed E-state index contributed by atoms with van der Waals surface area (Å²) in [7, 11) is 0. The zero-order chi connectivity index (χ0) is 26.2. The summed E-state index contributed by atoms with van der Waals surface area (Å²) in [5.74, 6) is -1.27. The number of hydrogen-bond acceptors (Lipinski definition) is 6. The van der Waals surface area contributed by atoms with Crippen LogP contribution in [0.1, 0.15) is 44.5 Å². The van der Waals surface area contributed by atoms with Gasteiger partial charge < -0.3 is 10.1 Å². The van der Waals surface area contributed by atoms with Crippen LogP contribution in [-0.2, 0) is 10.9 Å². The Bertz CT molecular complexity index is 1540. The van der Waals surface area contributed by atoms with Gasteiger partial charge in [0.2, 0.25) is 0 Å². The highest BCUT2D eigenvalue weighted by molar-refractivity contribution is 7.16. The second-order valence-corrected chi connectivity index (χ2v) is 8.82. The number of carbonyl (C=O) groups excluding carboxylic acids is 2. The lowest BCUT2D eigenvalue weighted by Crippen LogP contribution is -2.25. The van der Waals surface area contributed by atoms with Gasteiger partial charge in [0.25, 0.3) is 11.5 Å². The lowest BCUT2D eigenvalue weighted by Gasteiger charge is -2.11. The molecule has 4 rings (SSSR count). The number of benzene rings is 2. The van der Waals surface area contributed by atoms with E-state index in [1.807, 2.05) is 13.8 Å². The number of anilines is 1. The van der Waals surface area contributed by atoms with Crippen LogP contribution < -0.4 is 10.9 Å². The van der Waals surface area contributed by atoms with Crippen molar-refractivity contribution in [3.05, 3.63) is 86.1 Å². The van der Waals surface area contributed by atoms with Gasteiger partial charge in [0.05, 0.1) is 23.2 Å². The van der Waals surface area contributed by atoms with E-state index in [1.54, 1.807) is 25.1 Å². The van der Waals surface area contributed by atoms with Crippen molar-refractivity contribution in [3.63, 3.8) is 0 Å². The van der Waals surface area contributed by atoms with E-state index in [4.69, 9.17) is 4.74 Å². The van der Waals surface area contributed by atoms with Crippen molar-refractivity contribution in [3.8, 4) is 5.69 Å². The Morgan fingerprint density at radius 3 is 2.39 bits per heavy atom. The molecule has 0 saturated heterocycles. The number of amides is 1. The number of fused-ring (bicyclic) bond motifs is 1. The fourth-order valence-corrected chi connectivity index (χ4v) is 4.45. The Morgan fingerprint density at radius 2 is 1.78 bits per heavy atom. The molecule has 0 unspecified atom stereocenters. The molecule has 36 heavy (non-hydrogen) atoms. The third-order valence-corrected chi connectivity index (χ3v) is 6.45. The number of halogens is 3. The van der Waals surface area contributed by atoms with Gasteiger partial charge in [0.1, 0.15) is 5.00 Å². The van der Waals surface area contributed by atoms with Crippen LogP contribution in [0.3, 0.4) is 0 Å². The molecule has 1 amide bonds. The molecule has 0 saturated carbocycles. The van der Waals surface area contributed by atoms with Crippen LogP contribution in [0.5, 0.6) is 0 Å². The van der Waals surface area contributed by atoms with Crippen molar-refractivity contribution in [2.24, 2.45) is 0 Å². The van der Waals surface area contributed by atoms with Crippen LogP contribution in [0, 0.1) is 13.8 Å². The molecule has 2 aromatic heterocycles. The lowest BCUT2D eigenvalue weighted by molar-refractivity contribution is -0.137. The van der Waals surface area contributed by atoms with Crippen molar-refractivity contribution in [2.75, 3.05) is 11.9 Å². The molecule has 2 aromatic carbocycles. The summed E-state index contributed by atoms with van der Waals surface area (Å²) in [6.45, 7) is 5.43. The van der Waals surface area contributed by atoms with Gasteiger partial charge in [-0.3, -0.25) is 9.59 Å². The van der Waals surface area contributed by atoms with Crippen LogP contribution in [0.25, 0.3) is 16.5 Å². The second kappa shape index (κ2) is 9.57. The number of aryl methyl sites for hydroxylation is 2. The maximum absolute atomic E-state index is 13.4. The van der Waals surface area contributed by atoms with Crippen molar-refractivity contribution < 1.29 is 27.5 Å². The smallest absolute Gasteiger partial charge is 0.416 e. The number of hydrogen-bond donors (Lipinski definition) is 1. The second-order valence-electron chi connectivity index (χ2n) is 7.94. The number of nitrogens with one attached hydrogen (secondary N) is 1. The van der Waals surface area contributed by atoms with Crippen molar-refractivity contribution in [1.82, 2.24) is 9.78 Å². The summed E-state index contributed by atoms with van der Waals surface area (Å²) in [4.78, 5) is 39.0. The summed E-state index contributed by atoms with van der Waals surface area (Å²) < 4.78 is 44.9. The molecule has 186 valence electrons. The van der Waals surface area contributed by atoms with E-state index >= 15 is 0 Å². The quantitative estimate of drug-likeness (QED) is 0.354. The summed E-state index contributed by atoms with van der Waals surface area (Å²) in [5, 5.41) is 8.65. The molecule has 0 atom stereocenters. The van der Waals surface area contributed by atoms with Crippen LogP contribution in [0.4, 0.5) is 18.2 Å². The van der Waals surface area contributed by atoms with E-state index in [-0.39, 0.29) is 33.8 Å². The highest BCUT2D eigenvalue weighted by Crippen LogP contribution is 2.32. The number of aromatic nitrogens is 2. The van der Waals surface area contributed by atoms with Gasteiger partial charge in [-0.1, -0.05) is 6.07 Å². The molecule has 7 nitrogen and oxygen atoms in total. The first-order valence-corrected chi connectivity index (χ1v) is 11.7. The van der Waals surface area contributed by atoms with Crippen molar-refractivity contribution in [1.29, 1.82) is 0 Å². The number of nitrogens with zero attached hydrogens (tertiary/aromatic N) is 2. The highest BCUT2D eigenvalue weighted by atomic mass is 32.1. The summed E-state index contributed by atoms with van der Waals surface area (Å²) in [6, 6.07) is 8.96. The average Bonchev–Trinajstić information content (AvgIpc) is 3.24. The van der Waals surface area contributed by atoms with E-state index in [2.05, 4.69) is 10.4 Å². The zero-order valence-electron chi connectivity index (χ0n) is 19.4. The maximum atomic E-state index is 13.4. The fraction of sp³-hybridized carbons (Fsp3) is 0.200. The molecule has 0 aliphatic heterocycles. The molecule has 2 heterocycles. The number of thiophene rings is 1. The summed E-state index contributed by atoms with van der Waals surface area (Å²) in [6.07, 6.45) is -4.56.